The van der Waals surface area contributed by atoms with Crippen molar-refractivity contribution in [1.82, 2.24) is 5.32 Å². The Morgan fingerprint density at radius 2 is 2.31 bits per heavy atom. The van der Waals surface area contributed by atoms with E-state index in [9.17, 15) is 0 Å². The van der Waals surface area contributed by atoms with Gasteiger partial charge in [-0.2, -0.15) is 0 Å². The minimum atomic E-state index is 0.301. The van der Waals surface area contributed by atoms with E-state index in [1.54, 1.807) is 0 Å². The zero-order chi connectivity index (χ0) is 11.4. The maximum absolute atomic E-state index is 5.99. The van der Waals surface area contributed by atoms with Gasteiger partial charge in [-0.3, -0.25) is 0 Å². The third kappa shape index (κ3) is 2.99. The Hall–Kier alpha value is -1.02. The van der Waals surface area contributed by atoms with Gasteiger partial charge in [0.15, 0.2) is 0 Å². The number of piperidine rings is 1. The van der Waals surface area contributed by atoms with Crippen LogP contribution >= 0.6 is 0 Å². The molecule has 0 amide bonds. The molecule has 1 N–H and O–H groups in total. The zero-order valence-corrected chi connectivity index (χ0v) is 10.2. The standard InChI is InChI=1S/C14H21NO/c1-11-5-3-7-14(9-11)16-12(2)13-6-4-8-15-10-13/h3,5,7,9,12-13,15H,4,6,8,10H2,1-2H3. The highest BCUT2D eigenvalue weighted by Crippen LogP contribution is 2.21. The van der Waals surface area contributed by atoms with Gasteiger partial charge in [-0.1, -0.05) is 12.1 Å². The minimum Gasteiger partial charge on any atom is -0.490 e. The van der Waals surface area contributed by atoms with Gasteiger partial charge >= 0.3 is 0 Å². The molecule has 1 aliphatic heterocycles. The number of benzene rings is 1. The highest BCUT2D eigenvalue weighted by molar-refractivity contribution is 5.27. The van der Waals surface area contributed by atoms with E-state index in [1.165, 1.54) is 18.4 Å². The molecule has 0 aliphatic carbocycles. The topological polar surface area (TPSA) is 21.3 Å². The summed E-state index contributed by atoms with van der Waals surface area (Å²) in [6, 6.07) is 8.29. The molecule has 0 spiro atoms. The lowest BCUT2D eigenvalue weighted by atomic mass is 9.94. The molecule has 88 valence electrons. The molecule has 0 radical (unpaired) electrons. The Morgan fingerprint density at radius 3 is 3.00 bits per heavy atom. The van der Waals surface area contributed by atoms with Gasteiger partial charge in [0.25, 0.3) is 0 Å². The Balaban J connectivity index is 1.93. The molecule has 0 saturated carbocycles. The summed E-state index contributed by atoms with van der Waals surface area (Å²) in [6.07, 6.45) is 2.85. The van der Waals surface area contributed by atoms with Crippen LogP contribution in [0, 0.1) is 12.8 Å². The molecular formula is C14H21NO. The van der Waals surface area contributed by atoms with E-state index in [1.807, 2.05) is 6.07 Å². The SMILES string of the molecule is Cc1cccc(OC(C)C2CCCNC2)c1. The van der Waals surface area contributed by atoms with Gasteiger partial charge in [-0.25, -0.2) is 0 Å². The molecule has 0 bridgehead atoms. The highest BCUT2D eigenvalue weighted by Gasteiger charge is 2.21. The molecule has 1 fully saturated rings. The van der Waals surface area contributed by atoms with E-state index in [4.69, 9.17) is 4.74 Å². The van der Waals surface area contributed by atoms with Crippen LogP contribution in [0.2, 0.25) is 0 Å². The van der Waals surface area contributed by atoms with Crippen LogP contribution in [-0.2, 0) is 0 Å². The Bertz CT molecular complexity index is 331. The van der Waals surface area contributed by atoms with Gasteiger partial charge in [0.05, 0.1) is 6.10 Å². The summed E-state index contributed by atoms with van der Waals surface area (Å²) in [5, 5.41) is 3.43. The molecule has 2 atom stereocenters. The number of aryl methyl sites for hydroxylation is 1. The minimum absolute atomic E-state index is 0.301. The van der Waals surface area contributed by atoms with Crippen molar-refractivity contribution in [2.75, 3.05) is 13.1 Å². The van der Waals surface area contributed by atoms with Crippen LogP contribution in [0.1, 0.15) is 25.3 Å². The van der Waals surface area contributed by atoms with Crippen LogP contribution in [0.5, 0.6) is 5.75 Å². The molecule has 16 heavy (non-hydrogen) atoms. The molecule has 2 rings (SSSR count). The van der Waals surface area contributed by atoms with Gasteiger partial charge in [0, 0.05) is 12.5 Å². The molecule has 1 aromatic carbocycles. The zero-order valence-electron chi connectivity index (χ0n) is 10.2. The second-order valence-corrected chi connectivity index (χ2v) is 4.75. The Labute approximate surface area is 98.0 Å². The summed E-state index contributed by atoms with van der Waals surface area (Å²) < 4.78 is 5.99. The first-order valence-corrected chi connectivity index (χ1v) is 6.20. The highest BCUT2D eigenvalue weighted by atomic mass is 16.5. The molecule has 2 unspecified atom stereocenters. The maximum atomic E-state index is 5.99. The summed E-state index contributed by atoms with van der Waals surface area (Å²) >= 11 is 0. The largest absolute Gasteiger partial charge is 0.490 e. The number of hydrogen-bond acceptors (Lipinski definition) is 2. The summed E-state index contributed by atoms with van der Waals surface area (Å²) in [5.74, 6) is 1.65. The average molecular weight is 219 g/mol. The van der Waals surface area contributed by atoms with E-state index in [-0.39, 0.29) is 0 Å². The molecule has 1 aliphatic rings. The number of nitrogens with one attached hydrogen (secondary N) is 1. The second-order valence-electron chi connectivity index (χ2n) is 4.75. The van der Waals surface area contributed by atoms with E-state index >= 15 is 0 Å². The first-order valence-electron chi connectivity index (χ1n) is 6.20. The van der Waals surface area contributed by atoms with Crippen LogP contribution in [0.4, 0.5) is 0 Å². The lowest BCUT2D eigenvalue weighted by Gasteiger charge is -2.28. The molecular weight excluding hydrogens is 198 g/mol. The molecule has 0 aromatic heterocycles. The molecule has 1 aromatic rings. The van der Waals surface area contributed by atoms with E-state index < -0.39 is 0 Å². The second kappa shape index (κ2) is 5.35. The van der Waals surface area contributed by atoms with Crippen molar-refractivity contribution in [2.45, 2.75) is 32.8 Å². The third-order valence-electron chi connectivity index (χ3n) is 3.31. The van der Waals surface area contributed by atoms with Crippen LogP contribution in [-0.4, -0.2) is 19.2 Å². The third-order valence-corrected chi connectivity index (χ3v) is 3.31. The molecule has 1 heterocycles. The Morgan fingerprint density at radius 1 is 1.44 bits per heavy atom. The average Bonchev–Trinajstić information content (AvgIpc) is 2.30. The van der Waals surface area contributed by atoms with E-state index in [2.05, 4.69) is 37.4 Å². The van der Waals surface area contributed by atoms with Crippen LogP contribution in [0.25, 0.3) is 0 Å². The van der Waals surface area contributed by atoms with Gasteiger partial charge in [0.2, 0.25) is 0 Å². The lowest BCUT2D eigenvalue weighted by Crippen LogP contribution is -2.37. The van der Waals surface area contributed by atoms with Crippen molar-refractivity contribution < 1.29 is 4.74 Å². The van der Waals surface area contributed by atoms with Crippen molar-refractivity contribution in [3.8, 4) is 5.75 Å². The first kappa shape index (κ1) is 11.5. The van der Waals surface area contributed by atoms with Crippen LogP contribution in [0.15, 0.2) is 24.3 Å². The fourth-order valence-electron chi connectivity index (χ4n) is 2.28. The van der Waals surface area contributed by atoms with E-state index in [0.717, 1.165) is 18.8 Å². The van der Waals surface area contributed by atoms with Gasteiger partial charge in [-0.15, -0.1) is 0 Å². The molecule has 1 saturated heterocycles. The molecule has 2 heteroatoms. The van der Waals surface area contributed by atoms with Gasteiger partial charge < -0.3 is 10.1 Å². The maximum Gasteiger partial charge on any atom is 0.119 e. The van der Waals surface area contributed by atoms with Crippen molar-refractivity contribution >= 4 is 0 Å². The number of ether oxygens (including phenoxy) is 1. The predicted molar refractivity (Wildman–Crippen MR) is 66.9 cm³/mol. The fraction of sp³-hybridized carbons (Fsp3) is 0.571. The first-order chi connectivity index (χ1) is 7.75. The van der Waals surface area contributed by atoms with Crippen LogP contribution < -0.4 is 10.1 Å². The quantitative estimate of drug-likeness (QED) is 0.844. The predicted octanol–water partition coefficient (Wildman–Crippen LogP) is 2.76. The summed E-state index contributed by atoms with van der Waals surface area (Å²) in [4.78, 5) is 0. The van der Waals surface area contributed by atoms with Crippen molar-refractivity contribution in [1.29, 1.82) is 0 Å². The number of hydrogen-bond donors (Lipinski definition) is 1. The van der Waals surface area contributed by atoms with Crippen molar-refractivity contribution in [3.63, 3.8) is 0 Å². The lowest BCUT2D eigenvalue weighted by molar-refractivity contribution is 0.131. The summed E-state index contributed by atoms with van der Waals surface area (Å²) in [5.41, 5.74) is 1.26. The van der Waals surface area contributed by atoms with Gasteiger partial charge in [-0.05, 0) is 50.9 Å². The summed E-state index contributed by atoms with van der Waals surface area (Å²) in [7, 11) is 0. The van der Waals surface area contributed by atoms with Crippen molar-refractivity contribution in [2.24, 2.45) is 5.92 Å². The molecule has 2 nitrogen and oxygen atoms in total. The van der Waals surface area contributed by atoms with Crippen molar-refractivity contribution in [3.05, 3.63) is 29.8 Å². The Kier molecular flexibility index (Phi) is 3.83. The monoisotopic (exact) mass is 219 g/mol. The number of rotatable bonds is 3. The van der Waals surface area contributed by atoms with Crippen LogP contribution in [0.3, 0.4) is 0 Å². The normalized spacial score (nSPS) is 22.8. The smallest absolute Gasteiger partial charge is 0.119 e. The fourth-order valence-corrected chi connectivity index (χ4v) is 2.28. The van der Waals surface area contributed by atoms with Gasteiger partial charge in [0.1, 0.15) is 5.75 Å². The van der Waals surface area contributed by atoms with E-state index in [0.29, 0.717) is 12.0 Å². The summed E-state index contributed by atoms with van der Waals surface area (Å²) in [6.45, 7) is 6.53.